The number of carbonyl (C=O) groups is 2. The second-order valence-corrected chi connectivity index (χ2v) is 6.91. The molecule has 2 amide bonds. The van der Waals surface area contributed by atoms with E-state index in [2.05, 4.69) is 16.0 Å². The van der Waals surface area contributed by atoms with E-state index in [1.165, 1.54) is 0 Å². The van der Waals surface area contributed by atoms with E-state index in [4.69, 9.17) is 0 Å². The van der Waals surface area contributed by atoms with Crippen LogP contribution >= 0.6 is 0 Å². The molecule has 2 N–H and O–H groups in total. The molecule has 0 unspecified atom stereocenters. The van der Waals surface area contributed by atoms with Crippen molar-refractivity contribution in [1.29, 1.82) is 0 Å². The number of hydrogen-bond acceptors (Lipinski definition) is 3. The number of amides is 2. The normalized spacial score (nSPS) is 10.8. The summed E-state index contributed by atoms with van der Waals surface area (Å²) >= 11 is 0. The summed E-state index contributed by atoms with van der Waals surface area (Å²) in [7, 11) is 1.84. The Kier molecular flexibility index (Phi) is 5.35. The minimum absolute atomic E-state index is 0.162. The fourth-order valence-electron chi connectivity index (χ4n) is 3.44. The lowest BCUT2D eigenvalue weighted by Gasteiger charge is -2.10. The SMILES string of the molecule is Cc1nn(C)c(C)c1CC(=O)NNC(=O)c1cc(C)n(-c2ccccc2)c1C. The Hall–Kier alpha value is -3.35. The summed E-state index contributed by atoms with van der Waals surface area (Å²) in [6, 6.07) is 11.7. The lowest BCUT2D eigenvalue weighted by atomic mass is 10.1. The standard InChI is InChI=1S/C21H25N5O2/c1-13-11-19(16(4)26(13)17-9-7-6-8-10-17)21(28)23-22-20(27)12-18-14(2)24-25(5)15(18)3/h6-11H,12H2,1-5H3,(H,22,27)(H,23,28). The van der Waals surface area contributed by atoms with Gasteiger partial charge in [-0.05, 0) is 45.9 Å². The predicted octanol–water partition coefficient (Wildman–Crippen LogP) is 2.45. The molecular formula is C21H25N5O2. The first-order valence-corrected chi connectivity index (χ1v) is 9.12. The Labute approximate surface area is 164 Å². The average Bonchev–Trinajstić information content (AvgIpc) is 3.10. The molecule has 2 aromatic heterocycles. The molecule has 0 saturated carbocycles. The Morgan fingerprint density at radius 3 is 2.29 bits per heavy atom. The minimum Gasteiger partial charge on any atom is -0.318 e. The molecule has 2 heterocycles. The molecule has 28 heavy (non-hydrogen) atoms. The highest BCUT2D eigenvalue weighted by atomic mass is 16.2. The van der Waals surface area contributed by atoms with Gasteiger partial charge in [0.15, 0.2) is 0 Å². The summed E-state index contributed by atoms with van der Waals surface area (Å²) in [5, 5.41) is 4.31. The van der Waals surface area contributed by atoms with Crippen molar-refractivity contribution in [2.75, 3.05) is 0 Å². The van der Waals surface area contributed by atoms with Crippen LogP contribution in [0.2, 0.25) is 0 Å². The zero-order valence-electron chi connectivity index (χ0n) is 16.8. The van der Waals surface area contributed by atoms with Gasteiger partial charge in [-0.1, -0.05) is 18.2 Å². The van der Waals surface area contributed by atoms with E-state index in [-0.39, 0.29) is 18.2 Å². The van der Waals surface area contributed by atoms with Crippen LogP contribution < -0.4 is 10.9 Å². The van der Waals surface area contributed by atoms with Gasteiger partial charge >= 0.3 is 0 Å². The number of nitrogens with zero attached hydrogens (tertiary/aromatic N) is 3. The van der Waals surface area contributed by atoms with Crippen molar-refractivity contribution in [1.82, 2.24) is 25.2 Å². The van der Waals surface area contributed by atoms with E-state index in [1.807, 2.05) is 75.7 Å². The molecule has 0 bridgehead atoms. The van der Waals surface area contributed by atoms with Crippen LogP contribution in [0.4, 0.5) is 0 Å². The van der Waals surface area contributed by atoms with Crippen LogP contribution in [-0.4, -0.2) is 26.2 Å². The largest absolute Gasteiger partial charge is 0.318 e. The molecule has 3 rings (SSSR count). The van der Waals surface area contributed by atoms with Crippen molar-refractivity contribution in [3.63, 3.8) is 0 Å². The Morgan fingerprint density at radius 2 is 1.68 bits per heavy atom. The summed E-state index contributed by atoms with van der Waals surface area (Å²) in [6.07, 6.45) is 0.162. The molecule has 0 aliphatic rings. The highest BCUT2D eigenvalue weighted by Crippen LogP contribution is 2.20. The van der Waals surface area contributed by atoms with E-state index >= 15 is 0 Å². The van der Waals surface area contributed by atoms with Gasteiger partial charge in [0.05, 0.1) is 17.7 Å². The van der Waals surface area contributed by atoms with Gasteiger partial charge in [-0.15, -0.1) is 0 Å². The van der Waals surface area contributed by atoms with Gasteiger partial charge < -0.3 is 4.57 Å². The molecule has 0 atom stereocenters. The number of rotatable bonds is 4. The maximum absolute atomic E-state index is 12.6. The van der Waals surface area contributed by atoms with Crippen molar-refractivity contribution in [2.45, 2.75) is 34.1 Å². The van der Waals surface area contributed by atoms with E-state index in [0.29, 0.717) is 5.56 Å². The van der Waals surface area contributed by atoms with E-state index in [0.717, 1.165) is 34.0 Å². The number of hydrazine groups is 1. The summed E-state index contributed by atoms with van der Waals surface area (Å²) in [5.41, 5.74) is 10.9. The number of hydrogen-bond donors (Lipinski definition) is 2. The highest BCUT2D eigenvalue weighted by Gasteiger charge is 2.18. The first-order chi connectivity index (χ1) is 13.3. The molecular weight excluding hydrogens is 354 g/mol. The molecule has 1 aromatic carbocycles. The minimum atomic E-state index is -0.344. The summed E-state index contributed by atoms with van der Waals surface area (Å²) in [4.78, 5) is 24.9. The fraction of sp³-hybridized carbons (Fsp3) is 0.286. The van der Waals surface area contributed by atoms with Crippen LogP contribution in [0.1, 0.15) is 38.7 Å². The predicted molar refractivity (Wildman–Crippen MR) is 107 cm³/mol. The van der Waals surface area contributed by atoms with E-state index < -0.39 is 0 Å². The topological polar surface area (TPSA) is 81.0 Å². The first-order valence-electron chi connectivity index (χ1n) is 9.12. The molecule has 7 heteroatoms. The molecule has 0 fully saturated rings. The number of aromatic nitrogens is 3. The van der Waals surface area contributed by atoms with Crippen molar-refractivity contribution in [3.05, 3.63) is 70.3 Å². The lowest BCUT2D eigenvalue weighted by Crippen LogP contribution is -2.42. The second kappa shape index (κ2) is 7.72. The van der Waals surface area contributed by atoms with Gasteiger partial charge in [-0.2, -0.15) is 5.10 Å². The van der Waals surface area contributed by atoms with E-state index in [9.17, 15) is 9.59 Å². The van der Waals surface area contributed by atoms with Crippen molar-refractivity contribution >= 4 is 11.8 Å². The van der Waals surface area contributed by atoms with Gasteiger partial charge in [0.1, 0.15) is 0 Å². The lowest BCUT2D eigenvalue weighted by molar-refractivity contribution is -0.121. The number of benzene rings is 1. The number of para-hydroxylation sites is 1. The van der Waals surface area contributed by atoms with Crippen molar-refractivity contribution in [3.8, 4) is 5.69 Å². The van der Waals surface area contributed by atoms with Gasteiger partial charge in [0.25, 0.3) is 5.91 Å². The van der Waals surface area contributed by atoms with Crippen molar-refractivity contribution < 1.29 is 9.59 Å². The molecule has 0 aliphatic heterocycles. The summed E-state index contributed by atoms with van der Waals surface area (Å²) < 4.78 is 3.76. The Morgan fingerprint density at radius 1 is 1.00 bits per heavy atom. The third-order valence-electron chi connectivity index (χ3n) is 5.00. The van der Waals surface area contributed by atoms with Gasteiger partial charge in [0.2, 0.25) is 5.91 Å². The maximum atomic E-state index is 12.6. The molecule has 0 radical (unpaired) electrons. The number of nitrogens with one attached hydrogen (secondary N) is 2. The van der Waals surface area contributed by atoms with Crippen LogP contribution in [0, 0.1) is 27.7 Å². The third kappa shape index (κ3) is 3.69. The molecule has 3 aromatic rings. The molecule has 7 nitrogen and oxygen atoms in total. The molecule has 0 spiro atoms. The number of aryl methyl sites for hydroxylation is 3. The van der Waals surface area contributed by atoms with Gasteiger partial charge in [-0.25, -0.2) is 0 Å². The Balaban J connectivity index is 1.69. The number of carbonyl (C=O) groups excluding carboxylic acids is 2. The zero-order valence-corrected chi connectivity index (χ0v) is 16.8. The van der Waals surface area contributed by atoms with Crippen LogP contribution in [0.25, 0.3) is 5.69 Å². The van der Waals surface area contributed by atoms with Crippen molar-refractivity contribution in [2.24, 2.45) is 7.05 Å². The maximum Gasteiger partial charge on any atom is 0.271 e. The smallest absolute Gasteiger partial charge is 0.271 e. The quantitative estimate of drug-likeness (QED) is 0.683. The second-order valence-electron chi connectivity index (χ2n) is 6.91. The first kappa shape index (κ1) is 19.4. The van der Waals surface area contributed by atoms with E-state index in [1.54, 1.807) is 4.68 Å². The van der Waals surface area contributed by atoms with Gasteiger partial charge in [0, 0.05) is 35.4 Å². The fourth-order valence-corrected chi connectivity index (χ4v) is 3.44. The van der Waals surface area contributed by atoms with Crippen LogP contribution in [0.15, 0.2) is 36.4 Å². The summed E-state index contributed by atoms with van der Waals surface area (Å²) in [5.74, 6) is -0.632. The molecule has 0 aliphatic carbocycles. The molecule has 146 valence electrons. The average molecular weight is 379 g/mol. The van der Waals surface area contributed by atoms with Crippen LogP contribution in [0.3, 0.4) is 0 Å². The monoisotopic (exact) mass is 379 g/mol. The summed E-state index contributed by atoms with van der Waals surface area (Å²) in [6.45, 7) is 7.62. The van der Waals surface area contributed by atoms with Crippen LogP contribution in [-0.2, 0) is 18.3 Å². The highest BCUT2D eigenvalue weighted by molar-refractivity contribution is 5.97. The van der Waals surface area contributed by atoms with Crippen LogP contribution in [0.5, 0.6) is 0 Å². The third-order valence-corrected chi connectivity index (χ3v) is 5.00. The zero-order chi connectivity index (χ0) is 20.4. The van der Waals surface area contributed by atoms with Gasteiger partial charge in [-0.3, -0.25) is 25.1 Å². The Bertz CT molecular complexity index is 1030. The molecule has 0 saturated heterocycles.